The van der Waals surface area contributed by atoms with Crippen LogP contribution in [0.4, 0.5) is 4.79 Å². The van der Waals surface area contributed by atoms with Gasteiger partial charge in [0, 0.05) is 40.2 Å². The van der Waals surface area contributed by atoms with Gasteiger partial charge in [-0.05, 0) is 36.8 Å². The molecule has 1 aliphatic rings. The van der Waals surface area contributed by atoms with Crippen LogP contribution in [0, 0.1) is 12.8 Å². The molecule has 0 unspecified atom stereocenters. The number of nitrogens with one attached hydrogen (secondary N) is 1. The van der Waals surface area contributed by atoms with Gasteiger partial charge < -0.3 is 15.1 Å². The maximum atomic E-state index is 12.2. The van der Waals surface area contributed by atoms with Gasteiger partial charge in [-0.1, -0.05) is 24.3 Å². The first kappa shape index (κ1) is 17.3. The summed E-state index contributed by atoms with van der Waals surface area (Å²) in [6, 6.07) is 8.08. The van der Waals surface area contributed by atoms with E-state index in [4.69, 9.17) is 0 Å². The summed E-state index contributed by atoms with van der Waals surface area (Å²) in [6.07, 6.45) is 1.92. The van der Waals surface area contributed by atoms with E-state index >= 15 is 0 Å². The minimum atomic E-state index is -0.0396. The van der Waals surface area contributed by atoms with Crippen LogP contribution >= 0.6 is 0 Å². The summed E-state index contributed by atoms with van der Waals surface area (Å²) in [5, 5.41) is 3.02. The van der Waals surface area contributed by atoms with E-state index in [9.17, 15) is 9.59 Å². The Hall–Kier alpha value is -2.04. The zero-order valence-electron chi connectivity index (χ0n) is 14.3. The van der Waals surface area contributed by atoms with Crippen LogP contribution < -0.4 is 5.32 Å². The Balaban J connectivity index is 1.74. The van der Waals surface area contributed by atoms with E-state index in [2.05, 4.69) is 24.4 Å². The fourth-order valence-electron chi connectivity index (χ4n) is 2.93. The van der Waals surface area contributed by atoms with E-state index in [1.807, 2.05) is 24.1 Å². The first-order valence-electron chi connectivity index (χ1n) is 8.26. The molecule has 1 aliphatic heterocycles. The largest absolute Gasteiger partial charge is 0.343 e. The van der Waals surface area contributed by atoms with Gasteiger partial charge in [-0.3, -0.25) is 4.79 Å². The molecule has 0 atom stereocenters. The number of rotatable bonds is 4. The van der Waals surface area contributed by atoms with E-state index < -0.39 is 0 Å². The van der Waals surface area contributed by atoms with Crippen LogP contribution in [0.3, 0.4) is 0 Å². The first-order chi connectivity index (χ1) is 11.0. The molecule has 1 saturated heterocycles. The van der Waals surface area contributed by atoms with E-state index in [1.54, 1.807) is 11.8 Å². The molecule has 1 N–H and O–H groups in total. The molecule has 1 aromatic rings. The summed E-state index contributed by atoms with van der Waals surface area (Å²) in [5.41, 5.74) is 2.36. The molecule has 0 radical (unpaired) electrons. The second-order valence-electron chi connectivity index (χ2n) is 6.42. The molecule has 0 saturated carbocycles. The zero-order valence-corrected chi connectivity index (χ0v) is 14.3. The summed E-state index contributed by atoms with van der Waals surface area (Å²) in [6.45, 7) is 6.57. The molecular formula is C18H27N3O2. The average molecular weight is 317 g/mol. The van der Waals surface area contributed by atoms with Gasteiger partial charge in [-0.25, -0.2) is 4.79 Å². The maximum Gasteiger partial charge on any atom is 0.317 e. The lowest BCUT2D eigenvalue weighted by atomic mass is 9.97. The summed E-state index contributed by atoms with van der Waals surface area (Å²) in [5.74, 6) is 0.604. The molecule has 23 heavy (non-hydrogen) atoms. The molecule has 126 valence electrons. The lowest BCUT2D eigenvalue weighted by molar-refractivity contribution is -0.130. The summed E-state index contributed by atoms with van der Waals surface area (Å²) in [4.78, 5) is 27.1. The Bertz CT molecular complexity index is 551. The number of aryl methyl sites for hydroxylation is 1. The molecule has 3 amide bonds. The van der Waals surface area contributed by atoms with Crippen LogP contribution in [0.1, 0.15) is 30.9 Å². The summed E-state index contributed by atoms with van der Waals surface area (Å²) < 4.78 is 0. The summed E-state index contributed by atoms with van der Waals surface area (Å²) >= 11 is 0. The van der Waals surface area contributed by atoms with Crippen LogP contribution in [0.15, 0.2) is 24.3 Å². The van der Waals surface area contributed by atoms with Crippen molar-refractivity contribution >= 4 is 11.9 Å². The predicted octanol–water partition coefficient (Wildman–Crippen LogP) is 2.39. The minimum Gasteiger partial charge on any atom is -0.343 e. The molecule has 1 aromatic carbocycles. The number of piperidine rings is 1. The van der Waals surface area contributed by atoms with E-state index in [0.717, 1.165) is 25.9 Å². The topological polar surface area (TPSA) is 52.7 Å². The number of likely N-dealkylation sites (tertiary alicyclic amines) is 1. The molecule has 0 aliphatic carbocycles. The third kappa shape index (κ3) is 4.98. The van der Waals surface area contributed by atoms with E-state index in [0.29, 0.717) is 19.0 Å². The van der Waals surface area contributed by atoms with Crippen molar-refractivity contribution in [3.63, 3.8) is 0 Å². The molecule has 2 rings (SSSR count). The Labute approximate surface area is 138 Å². The number of carbonyl (C=O) groups excluding carboxylic acids is 2. The van der Waals surface area contributed by atoms with Crippen LogP contribution in [0.2, 0.25) is 0 Å². The van der Waals surface area contributed by atoms with Crippen molar-refractivity contribution < 1.29 is 9.59 Å². The van der Waals surface area contributed by atoms with Gasteiger partial charge in [0.15, 0.2) is 0 Å². The van der Waals surface area contributed by atoms with E-state index in [1.165, 1.54) is 11.1 Å². The average Bonchev–Trinajstić information content (AvgIpc) is 2.55. The molecule has 0 aromatic heterocycles. The number of urea groups is 1. The van der Waals surface area contributed by atoms with Crippen molar-refractivity contribution in [2.45, 2.75) is 33.2 Å². The molecule has 0 spiro atoms. The second-order valence-corrected chi connectivity index (χ2v) is 6.42. The number of benzene rings is 1. The van der Waals surface area contributed by atoms with Gasteiger partial charge in [0.05, 0.1) is 0 Å². The third-order valence-electron chi connectivity index (χ3n) is 4.62. The highest BCUT2D eigenvalue weighted by Gasteiger charge is 2.21. The van der Waals surface area contributed by atoms with Gasteiger partial charge in [0.2, 0.25) is 5.91 Å². The minimum absolute atomic E-state index is 0.0396. The van der Waals surface area contributed by atoms with Gasteiger partial charge in [-0.2, -0.15) is 0 Å². The van der Waals surface area contributed by atoms with Crippen molar-refractivity contribution in [3.8, 4) is 0 Å². The number of carbonyl (C=O) groups is 2. The second kappa shape index (κ2) is 7.99. The third-order valence-corrected chi connectivity index (χ3v) is 4.62. The first-order valence-corrected chi connectivity index (χ1v) is 8.26. The SMILES string of the molecule is CC(=O)N1CCC(CNC(=O)N(C)Cc2ccccc2C)CC1. The highest BCUT2D eigenvalue weighted by molar-refractivity contribution is 5.74. The standard InChI is InChI=1S/C18H27N3O2/c1-14-6-4-5-7-17(14)13-20(3)18(23)19-12-16-8-10-21(11-9-16)15(2)22/h4-7,16H,8-13H2,1-3H3,(H,19,23). The molecule has 5 heteroatoms. The van der Waals surface area contributed by atoms with Crippen LogP contribution in [0.25, 0.3) is 0 Å². The zero-order chi connectivity index (χ0) is 16.8. The highest BCUT2D eigenvalue weighted by Crippen LogP contribution is 2.16. The summed E-state index contributed by atoms with van der Waals surface area (Å²) in [7, 11) is 1.82. The monoisotopic (exact) mass is 317 g/mol. The smallest absolute Gasteiger partial charge is 0.317 e. The Morgan fingerprint density at radius 2 is 1.91 bits per heavy atom. The number of hydrogen-bond donors (Lipinski definition) is 1. The van der Waals surface area contributed by atoms with Gasteiger partial charge in [-0.15, -0.1) is 0 Å². The van der Waals surface area contributed by atoms with Gasteiger partial charge >= 0.3 is 6.03 Å². The lowest BCUT2D eigenvalue weighted by Gasteiger charge is -2.31. The van der Waals surface area contributed by atoms with Crippen molar-refractivity contribution in [1.82, 2.24) is 15.1 Å². The fraction of sp³-hybridized carbons (Fsp3) is 0.556. The van der Waals surface area contributed by atoms with Gasteiger partial charge in [0.1, 0.15) is 0 Å². The molecule has 5 nitrogen and oxygen atoms in total. The van der Waals surface area contributed by atoms with Gasteiger partial charge in [0.25, 0.3) is 0 Å². The van der Waals surface area contributed by atoms with Crippen molar-refractivity contribution in [1.29, 1.82) is 0 Å². The Kier molecular flexibility index (Phi) is 6.02. The van der Waals surface area contributed by atoms with Crippen molar-refractivity contribution in [2.24, 2.45) is 5.92 Å². The Morgan fingerprint density at radius 1 is 1.26 bits per heavy atom. The molecule has 1 fully saturated rings. The number of hydrogen-bond acceptors (Lipinski definition) is 2. The Morgan fingerprint density at radius 3 is 2.52 bits per heavy atom. The van der Waals surface area contributed by atoms with E-state index in [-0.39, 0.29) is 11.9 Å². The maximum absolute atomic E-state index is 12.2. The lowest BCUT2D eigenvalue weighted by Crippen LogP contribution is -2.43. The molecule has 1 heterocycles. The van der Waals surface area contributed by atoms with Crippen LogP contribution in [0.5, 0.6) is 0 Å². The number of amides is 3. The van der Waals surface area contributed by atoms with Crippen molar-refractivity contribution in [2.75, 3.05) is 26.7 Å². The van der Waals surface area contributed by atoms with Crippen LogP contribution in [-0.2, 0) is 11.3 Å². The normalized spacial score (nSPS) is 15.3. The number of nitrogens with zero attached hydrogens (tertiary/aromatic N) is 2. The predicted molar refractivity (Wildman–Crippen MR) is 91.0 cm³/mol. The molecular weight excluding hydrogens is 290 g/mol. The highest BCUT2D eigenvalue weighted by atomic mass is 16.2. The quantitative estimate of drug-likeness (QED) is 0.927. The van der Waals surface area contributed by atoms with Crippen LogP contribution in [-0.4, -0.2) is 48.4 Å². The van der Waals surface area contributed by atoms with Crippen molar-refractivity contribution in [3.05, 3.63) is 35.4 Å². The fourth-order valence-corrected chi connectivity index (χ4v) is 2.93. The molecule has 0 bridgehead atoms.